The number of alkyl halides is 2. The predicted molar refractivity (Wildman–Crippen MR) is 153 cm³/mol. The quantitative estimate of drug-likeness (QED) is 0.325. The fraction of sp³-hybridized carbons (Fsp3) is 0.406. The van der Waals surface area contributed by atoms with Crippen LogP contribution in [0.25, 0.3) is 0 Å². The second-order valence-corrected chi connectivity index (χ2v) is 16.2. The zero-order valence-corrected chi connectivity index (χ0v) is 24.5. The molecule has 2 heterocycles. The SMILES string of the molecule is CC1=N[C@](C)(c2ccccc2F)[C@H]2[C@H](C(F)(F)CO[Si](c3ccccc3)(c3ccccc3)C(C)(C)C)OC[C@H]2O1. The van der Waals surface area contributed by atoms with Crippen LogP contribution in [0, 0.1) is 11.7 Å². The van der Waals surface area contributed by atoms with Crippen molar-refractivity contribution in [1.29, 1.82) is 0 Å². The van der Waals surface area contributed by atoms with E-state index < -0.39 is 55.4 Å². The number of benzene rings is 3. The van der Waals surface area contributed by atoms with Crippen LogP contribution in [0.2, 0.25) is 5.04 Å². The van der Waals surface area contributed by atoms with Crippen LogP contribution >= 0.6 is 0 Å². The lowest BCUT2D eigenvalue weighted by atomic mass is 9.73. The maximum absolute atomic E-state index is 16.5. The normalized spacial score (nSPS) is 25.2. The molecule has 40 heavy (non-hydrogen) atoms. The highest BCUT2D eigenvalue weighted by Gasteiger charge is 2.63. The molecule has 0 saturated carbocycles. The molecule has 0 aliphatic carbocycles. The van der Waals surface area contributed by atoms with Gasteiger partial charge in [0.05, 0.1) is 18.1 Å². The first-order chi connectivity index (χ1) is 18.9. The monoisotopic (exact) mass is 567 g/mol. The third-order valence-corrected chi connectivity index (χ3v) is 13.2. The zero-order valence-electron chi connectivity index (χ0n) is 23.5. The van der Waals surface area contributed by atoms with E-state index in [2.05, 4.69) is 4.99 Å². The van der Waals surface area contributed by atoms with E-state index in [1.54, 1.807) is 32.0 Å². The minimum Gasteiger partial charge on any atom is -0.475 e. The van der Waals surface area contributed by atoms with E-state index in [-0.39, 0.29) is 12.2 Å². The van der Waals surface area contributed by atoms with Gasteiger partial charge in [-0.05, 0) is 28.4 Å². The Morgan fingerprint density at radius 3 is 2.02 bits per heavy atom. The molecule has 0 N–H and O–H groups in total. The molecule has 1 saturated heterocycles. The minimum atomic E-state index is -3.41. The maximum atomic E-state index is 16.5. The van der Waals surface area contributed by atoms with Crippen LogP contribution in [0.4, 0.5) is 13.2 Å². The molecule has 2 aliphatic rings. The highest BCUT2D eigenvalue weighted by atomic mass is 28.4. The third-order valence-electron chi connectivity index (χ3n) is 8.26. The van der Waals surface area contributed by atoms with Crippen LogP contribution in [0.15, 0.2) is 89.9 Å². The van der Waals surface area contributed by atoms with Crippen LogP contribution < -0.4 is 10.4 Å². The van der Waals surface area contributed by atoms with Gasteiger partial charge in [0.25, 0.3) is 14.2 Å². The van der Waals surface area contributed by atoms with Gasteiger partial charge in [-0.25, -0.2) is 18.2 Å². The van der Waals surface area contributed by atoms with Gasteiger partial charge in [0.15, 0.2) is 5.90 Å². The largest absolute Gasteiger partial charge is 0.475 e. The molecule has 3 aromatic carbocycles. The first kappa shape index (κ1) is 28.6. The van der Waals surface area contributed by atoms with Gasteiger partial charge in [-0.2, -0.15) is 0 Å². The van der Waals surface area contributed by atoms with Crippen molar-refractivity contribution in [1.82, 2.24) is 0 Å². The van der Waals surface area contributed by atoms with Crippen molar-refractivity contribution in [3.8, 4) is 0 Å². The fourth-order valence-electron chi connectivity index (χ4n) is 6.56. The van der Waals surface area contributed by atoms with E-state index >= 15 is 13.2 Å². The van der Waals surface area contributed by atoms with E-state index in [4.69, 9.17) is 13.9 Å². The Labute approximate surface area is 235 Å². The van der Waals surface area contributed by atoms with E-state index in [0.717, 1.165) is 10.4 Å². The Hall–Kier alpha value is -2.94. The molecule has 1 fully saturated rings. The average Bonchev–Trinajstić information content (AvgIpc) is 3.35. The number of fused-ring (bicyclic) bond motifs is 1. The third kappa shape index (κ3) is 4.80. The summed E-state index contributed by atoms with van der Waals surface area (Å²) in [7, 11) is -3.23. The standard InChI is InChI=1S/C32H36F3NO3Si/c1-22-36-31(5,25-18-12-13-19-26(25)33)28-27(39-22)20-37-29(28)32(34,35)21-38-40(30(2,3)4,23-14-8-6-9-15-23)24-16-10-7-11-17-24/h6-19,27-29H,20-21H2,1-5H3/t27-,28-,29-,31-/m1/s1. The molecule has 2 aliphatic heterocycles. The molecule has 212 valence electrons. The van der Waals surface area contributed by atoms with Gasteiger partial charge in [0, 0.05) is 12.5 Å². The van der Waals surface area contributed by atoms with Crippen molar-refractivity contribution in [2.75, 3.05) is 13.2 Å². The molecule has 3 aromatic rings. The van der Waals surface area contributed by atoms with Gasteiger partial charge in [-0.15, -0.1) is 0 Å². The average molecular weight is 568 g/mol. The summed E-state index contributed by atoms with van der Waals surface area (Å²) in [6, 6.07) is 25.5. The molecule has 0 radical (unpaired) electrons. The molecule has 0 unspecified atom stereocenters. The number of hydrogen-bond donors (Lipinski definition) is 0. The zero-order chi connectivity index (χ0) is 28.8. The number of halogens is 3. The summed E-state index contributed by atoms with van der Waals surface area (Å²) in [5.74, 6) is -4.52. The van der Waals surface area contributed by atoms with Gasteiger partial charge < -0.3 is 13.9 Å². The molecular formula is C32H36F3NO3Si. The van der Waals surface area contributed by atoms with Crippen LogP contribution in [0.3, 0.4) is 0 Å². The summed E-state index contributed by atoms with van der Waals surface area (Å²) >= 11 is 0. The highest BCUT2D eigenvalue weighted by Crippen LogP contribution is 2.50. The van der Waals surface area contributed by atoms with Crippen LogP contribution in [0.5, 0.6) is 0 Å². The minimum absolute atomic E-state index is 0.0406. The first-order valence-electron chi connectivity index (χ1n) is 13.6. The lowest BCUT2D eigenvalue weighted by Crippen LogP contribution is -2.68. The van der Waals surface area contributed by atoms with Gasteiger partial charge >= 0.3 is 0 Å². The second kappa shape index (κ2) is 10.5. The number of rotatable bonds is 7. The molecule has 4 nitrogen and oxygen atoms in total. The van der Waals surface area contributed by atoms with Crippen LogP contribution in [-0.2, 0) is 19.4 Å². The number of hydrogen-bond acceptors (Lipinski definition) is 4. The van der Waals surface area contributed by atoms with E-state index in [1.807, 2.05) is 81.4 Å². The van der Waals surface area contributed by atoms with Gasteiger partial charge in [-0.1, -0.05) is 99.6 Å². The second-order valence-electron chi connectivity index (χ2n) is 11.9. The van der Waals surface area contributed by atoms with Crippen LogP contribution in [-0.4, -0.2) is 45.6 Å². The molecular weight excluding hydrogens is 531 g/mol. The number of ether oxygens (including phenoxy) is 2. The van der Waals surface area contributed by atoms with Crippen molar-refractivity contribution in [2.24, 2.45) is 10.9 Å². The smallest absolute Gasteiger partial charge is 0.295 e. The van der Waals surface area contributed by atoms with Gasteiger partial charge in [-0.3, -0.25) is 0 Å². The van der Waals surface area contributed by atoms with E-state index in [0.29, 0.717) is 5.90 Å². The first-order valence-corrected chi connectivity index (χ1v) is 15.5. The Morgan fingerprint density at radius 2 is 1.48 bits per heavy atom. The summed E-state index contributed by atoms with van der Waals surface area (Å²) in [4.78, 5) is 4.60. The predicted octanol–water partition coefficient (Wildman–Crippen LogP) is 6.09. The van der Waals surface area contributed by atoms with Crippen molar-refractivity contribution >= 4 is 24.6 Å². The Morgan fingerprint density at radius 1 is 0.925 bits per heavy atom. The topological polar surface area (TPSA) is 40.0 Å². The van der Waals surface area contributed by atoms with Crippen molar-refractivity contribution in [3.63, 3.8) is 0 Å². The summed E-state index contributed by atoms with van der Waals surface area (Å²) in [6.45, 7) is 8.58. The summed E-state index contributed by atoms with van der Waals surface area (Å²) < 4.78 is 66.3. The van der Waals surface area contributed by atoms with Gasteiger partial charge in [0.1, 0.15) is 24.6 Å². The highest BCUT2D eigenvalue weighted by molar-refractivity contribution is 6.99. The molecule has 4 atom stereocenters. The Balaban J connectivity index is 1.54. The number of nitrogens with zero attached hydrogens (tertiary/aromatic N) is 1. The Kier molecular flexibility index (Phi) is 7.48. The molecule has 0 bridgehead atoms. The maximum Gasteiger partial charge on any atom is 0.295 e. The van der Waals surface area contributed by atoms with Crippen molar-refractivity contribution < 1.29 is 27.1 Å². The molecule has 0 spiro atoms. The van der Waals surface area contributed by atoms with Crippen molar-refractivity contribution in [3.05, 3.63) is 96.3 Å². The van der Waals surface area contributed by atoms with E-state index in [9.17, 15) is 0 Å². The Bertz CT molecular complexity index is 1320. The molecule has 5 rings (SSSR count). The molecule has 0 aromatic heterocycles. The number of aliphatic imine (C=N–C) groups is 1. The summed E-state index contributed by atoms with van der Waals surface area (Å²) in [5.41, 5.74) is -1.06. The van der Waals surface area contributed by atoms with Crippen LogP contribution in [0.1, 0.15) is 40.2 Å². The molecule has 0 amide bonds. The molecule has 8 heteroatoms. The van der Waals surface area contributed by atoms with Gasteiger partial charge in [0.2, 0.25) is 0 Å². The van der Waals surface area contributed by atoms with E-state index in [1.165, 1.54) is 6.07 Å². The fourth-order valence-corrected chi connectivity index (χ4v) is 11.1. The lowest BCUT2D eigenvalue weighted by Gasteiger charge is -2.45. The van der Waals surface area contributed by atoms with Crippen molar-refractivity contribution in [2.45, 2.75) is 63.3 Å². The lowest BCUT2D eigenvalue weighted by molar-refractivity contribution is -0.158. The summed E-state index contributed by atoms with van der Waals surface area (Å²) in [5, 5.41) is 1.35. The summed E-state index contributed by atoms with van der Waals surface area (Å²) in [6.07, 6.45) is -2.27.